The number of halogens is 1. The quantitative estimate of drug-likeness (QED) is 0.414. The number of hydrogen-bond acceptors (Lipinski definition) is 4. The number of hydrogen-bond donors (Lipinski definition) is 2. The van der Waals surface area contributed by atoms with Crippen LogP contribution in [0.1, 0.15) is 0 Å². The Balaban J connectivity index is 1.52. The van der Waals surface area contributed by atoms with Gasteiger partial charge in [-0.1, -0.05) is 24.3 Å². The van der Waals surface area contributed by atoms with Gasteiger partial charge in [-0.05, 0) is 42.0 Å². The summed E-state index contributed by atoms with van der Waals surface area (Å²) in [6.45, 7) is 0. The molecule has 2 aromatic carbocycles. The van der Waals surface area contributed by atoms with Crippen LogP contribution in [0.15, 0.2) is 79.3 Å². The lowest BCUT2D eigenvalue weighted by atomic mass is 10.0. The predicted octanol–water partition coefficient (Wildman–Crippen LogP) is 5.37. The molecule has 0 radical (unpaired) electrons. The Kier molecular flexibility index (Phi) is 3.86. The fourth-order valence-electron chi connectivity index (χ4n) is 3.80. The van der Waals surface area contributed by atoms with Gasteiger partial charge in [-0.25, -0.2) is 9.37 Å². The lowest BCUT2D eigenvalue weighted by molar-refractivity contribution is 0.628. The van der Waals surface area contributed by atoms with Crippen molar-refractivity contribution in [1.29, 1.82) is 0 Å². The molecule has 6 aromatic rings. The fourth-order valence-corrected chi connectivity index (χ4v) is 3.80. The van der Waals surface area contributed by atoms with Crippen molar-refractivity contribution < 1.29 is 4.39 Å². The number of nitrogens with zero attached hydrogens (tertiary/aromatic N) is 4. The molecule has 6 rings (SSSR count). The number of nitrogens with one attached hydrogen (secondary N) is 2. The summed E-state index contributed by atoms with van der Waals surface area (Å²) in [6.07, 6.45) is 5.27. The second-order valence-corrected chi connectivity index (χ2v) is 7.23. The predicted molar refractivity (Wildman–Crippen MR) is 118 cm³/mol. The summed E-state index contributed by atoms with van der Waals surface area (Å²) in [4.78, 5) is 16.8. The molecule has 0 aliphatic carbocycles. The first-order valence-corrected chi connectivity index (χ1v) is 9.76. The van der Waals surface area contributed by atoms with Gasteiger partial charge in [0.05, 0.1) is 16.7 Å². The third kappa shape index (κ3) is 2.95. The van der Waals surface area contributed by atoms with E-state index in [1.165, 1.54) is 12.1 Å². The minimum atomic E-state index is -0.312. The Labute approximate surface area is 175 Å². The highest BCUT2D eigenvalue weighted by Crippen LogP contribution is 2.32. The van der Waals surface area contributed by atoms with Crippen molar-refractivity contribution >= 4 is 21.9 Å². The average Bonchev–Trinajstić information content (AvgIpc) is 3.43. The SMILES string of the molecule is Fc1cccc(-c2nccc3[nH]c(-c4n[nH]c5ccc(-c6cccnc6)cc45)nc23)c1. The molecule has 0 fully saturated rings. The summed E-state index contributed by atoms with van der Waals surface area (Å²) in [5.41, 5.74) is 6.46. The molecule has 4 heterocycles. The number of H-pyrrole nitrogens is 2. The topological polar surface area (TPSA) is 83.1 Å². The van der Waals surface area contributed by atoms with Gasteiger partial charge in [0.2, 0.25) is 0 Å². The van der Waals surface area contributed by atoms with Gasteiger partial charge in [0.15, 0.2) is 5.82 Å². The first-order valence-electron chi connectivity index (χ1n) is 9.76. The molecular weight excluding hydrogens is 391 g/mol. The van der Waals surface area contributed by atoms with E-state index in [2.05, 4.69) is 31.2 Å². The van der Waals surface area contributed by atoms with Gasteiger partial charge in [0.25, 0.3) is 0 Å². The average molecular weight is 406 g/mol. The van der Waals surface area contributed by atoms with Gasteiger partial charge in [-0.15, -0.1) is 0 Å². The molecule has 2 N–H and O–H groups in total. The minimum absolute atomic E-state index is 0.312. The molecule has 4 aromatic heterocycles. The van der Waals surface area contributed by atoms with Crippen LogP contribution in [0.4, 0.5) is 4.39 Å². The number of fused-ring (bicyclic) bond motifs is 2. The highest BCUT2D eigenvalue weighted by Gasteiger charge is 2.16. The van der Waals surface area contributed by atoms with Gasteiger partial charge in [-0.3, -0.25) is 15.1 Å². The van der Waals surface area contributed by atoms with E-state index >= 15 is 0 Å². The third-order valence-corrected chi connectivity index (χ3v) is 5.28. The Morgan fingerprint density at radius 3 is 2.58 bits per heavy atom. The van der Waals surface area contributed by atoms with Gasteiger partial charge in [0, 0.05) is 35.1 Å². The zero-order valence-corrected chi connectivity index (χ0v) is 16.2. The van der Waals surface area contributed by atoms with Crippen molar-refractivity contribution in [3.05, 3.63) is 85.1 Å². The van der Waals surface area contributed by atoms with Gasteiger partial charge in [-0.2, -0.15) is 5.10 Å². The number of rotatable bonds is 3. The van der Waals surface area contributed by atoms with Crippen molar-refractivity contribution in [3.8, 4) is 33.9 Å². The first-order chi connectivity index (χ1) is 15.3. The van der Waals surface area contributed by atoms with Crippen molar-refractivity contribution in [2.24, 2.45) is 0 Å². The first kappa shape index (κ1) is 17.5. The second-order valence-electron chi connectivity index (χ2n) is 7.23. The van der Waals surface area contributed by atoms with Crippen molar-refractivity contribution in [1.82, 2.24) is 30.1 Å². The summed E-state index contributed by atoms with van der Waals surface area (Å²) >= 11 is 0. The van der Waals surface area contributed by atoms with E-state index in [1.807, 2.05) is 42.6 Å². The van der Waals surface area contributed by atoms with E-state index in [9.17, 15) is 4.39 Å². The van der Waals surface area contributed by atoms with E-state index in [4.69, 9.17) is 4.98 Å². The Morgan fingerprint density at radius 1 is 0.774 bits per heavy atom. The standard InChI is InChI=1S/C24H15FN6/c25-17-5-1-3-15(11-17)21-23-20(8-10-27-21)28-24(29-23)22-18-12-14(6-7-19(18)30-31-22)16-4-2-9-26-13-16/h1-13H,(H,28,29)(H,30,31). The molecule has 148 valence electrons. The van der Waals surface area contributed by atoms with E-state index < -0.39 is 0 Å². The smallest absolute Gasteiger partial charge is 0.159 e. The lowest BCUT2D eigenvalue weighted by Gasteiger charge is -2.01. The fraction of sp³-hybridized carbons (Fsp3) is 0. The molecule has 0 atom stereocenters. The largest absolute Gasteiger partial charge is 0.336 e. The van der Waals surface area contributed by atoms with Crippen LogP contribution < -0.4 is 0 Å². The Bertz CT molecular complexity index is 1550. The maximum atomic E-state index is 13.8. The maximum absolute atomic E-state index is 13.8. The zero-order valence-electron chi connectivity index (χ0n) is 16.2. The van der Waals surface area contributed by atoms with Crippen molar-refractivity contribution in [3.63, 3.8) is 0 Å². The number of pyridine rings is 2. The zero-order chi connectivity index (χ0) is 20.8. The van der Waals surface area contributed by atoms with Gasteiger partial charge < -0.3 is 4.98 Å². The summed E-state index contributed by atoms with van der Waals surface area (Å²) < 4.78 is 13.8. The van der Waals surface area contributed by atoms with Gasteiger partial charge >= 0.3 is 0 Å². The number of aromatic amines is 2. The molecule has 0 unspecified atom stereocenters. The van der Waals surface area contributed by atoms with E-state index in [1.54, 1.807) is 18.5 Å². The van der Waals surface area contributed by atoms with E-state index in [0.717, 1.165) is 27.5 Å². The molecule has 0 saturated carbocycles. The van der Waals surface area contributed by atoms with Crippen LogP contribution in [-0.4, -0.2) is 30.1 Å². The number of imidazole rings is 1. The van der Waals surface area contributed by atoms with Crippen LogP contribution in [-0.2, 0) is 0 Å². The Hall–Kier alpha value is -4.39. The number of aromatic nitrogens is 6. The Morgan fingerprint density at radius 2 is 1.71 bits per heavy atom. The highest BCUT2D eigenvalue weighted by atomic mass is 19.1. The minimum Gasteiger partial charge on any atom is -0.336 e. The van der Waals surface area contributed by atoms with Gasteiger partial charge in [0.1, 0.15) is 17.0 Å². The molecule has 7 heteroatoms. The van der Waals surface area contributed by atoms with Crippen LogP contribution in [0, 0.1) is 5.82 Å². The van der Waals surface area contributed by atoms with Crippen molar-refractivity contribution in [2.75, 3.05) is 0 Å². The molecule has 0 bridgehead atoms. The normalized spacial score (nSPS) is 11.4. The molecule has 6 nitrogen and oxygen atoms in total. The third-order valence-electron chi connectivity index (χ3n) is 5.28. The molecule has 31 heavy (non-hydrogen) atoms. The molecule has 0 amide bonds. The van der Waals surface area contributed by atoms with E-state index in [0.29, 0.717) is 28.3 Å². The maximum Gasteiger partial charge on any atom is 0.159 e. The lowest BCUT2D eigenvalue weighted by Crippen LogP contribution is -1.86. The summed E-state index contributed by atoms with van der Waals surface area (Å²) in [5.74, 6) is 0.309. The second kappa shape index (κ2) is 6.84. The molecular formula is C24H15FN6. The van der Waals surface area contributed by atoms with Crippen LogP contribution in [0.25, 0.3) is 55.8 Å². The molecule has 0 saturated heterocycles. The molecule has 0 aliphatic heterocycles. The van der Waals surface area contributed by atoms with Crippen LogP contribution >= 0.6 is 0 Å². The monoisotopic (exact) mass is 406 g/mol. The van der Waals surface area contributed by atoms with Crippen molar-refractivity contribution in [2.45, 2.75) is 0 Å². The van der Waals surface area contributed by atoms with Crippen LogP contribution in [0.5, 0.6) is 0 Å². The number of benzene rings is 2. The summed E-state index contributed by atoms with van der Waals surface area (Å²) in [6, 6.07) is 18.2. The molecule has 0 spiro atoms. The highest BCUT2D eigenvalue weighted by molar-refractivity contribution is 5.97. The van der Waals surface area contributed by atoms with Crippen LogP contribution in [0.2, 0.25) is 0 Å². The van der Waals surface area contributed by atoms with E-state index in [-0.39, 0.29) is 5.82 Å². The van der Waals surface area contributed by atoms with Crippen LogP contribution in [0.3, 0.4) is 0 Å². The summed E-state index contributed by atoms with van der Waals surface area (Å²) in [5, 5.41) is 8.52. The summed E-state index contributed by atoms with van der Waals surface area (Å²) in [7, 11) is 0. The molecule has 0 aliphatic rings.